The first-order valence-corrected chi connectivity index (χ1v) is 9.21. The third kappa shape index (κ3) is 22.6. The third-order valence-corrected chi connectivity index (χ3v) is 2.27. The zero-order valence-corrected chi connectivity index (χ0v) is 21.0. The van der Waals surface area contributed by atoms with E-state index in [-0.39, 0.29) is 39.8 Å². The van der Waals surface area contributed by atoms with E-state index in [1.54, 1.807) is 0 Å². The summed E-state index contributed by atoms with van der Waals surface area (Å²) in [5, 5.41) is 27.1. The van der Waals surface area contributed by atoms with Crippen LogP contribution in [0.5, 0.6) is 0 Å². The smallest absolute Gasteiger partial charge is 0.542 e. The van der Waals surface area contributed by atoms with Gasteiger partial charge >= 0.3 is 17.1 Å². The molecule has 0 spiro atoms. The van der Waals surface area contributed by atoms with E-state index in [0.29, 0.717) is 0 Å². The molecular weight excluding hydrogens is 416 g/mol. The molecule has 0 aromatic carbocycles. The Morgan fingerprint density at radius 2 is 0.793 bits per heavy atom. The number of rotatable bonds is 0. The van der Waals surface area contributed by atoms with Crippen LogP contribution < -0.4 is 20.8 Å². The van der Waals surface area contributed by atoms with Gasteiger partial charge in [-0.3, -0.25) is 9.98 Å². The molecule has 8 nitrogen and oxygen atoms in total. The number of carboxylic acids is 2. The molecule has 170 valence electrons. The second kappa shape index (κ2) is 11.6. The van der Waals surface area contributed by atoms with Crippen LogP contribution in [0.25, 0.3) is 0 Å². The summed E-state index contributed by atoms with van der Waals surface area (Å²) < 4.78 is 0. The summed E-state index contributed by atoms with van der Waals surface area (Å²) in [5.74, 6) is -2.72. The summed E-state index contributed by atoms with van der Waals surface area (Å²) in [4.78, 5) is 29.6. The fourth-order valence-electron chi connectivity index (χ4n) is 1.63. The standard InChI is InChI=1S/2C10H20N2O2.Fe/c2*1-9(2,3)11-7(8(13)14)12-10(4,5)6;/h2*1-6H3,(H,11,12)(H,13,14);/q;;+2/p-2. The van der Waals surface area contributed by atoms with Crippen LogP contribution in [0.2, 0.25) is 0 Å². The first-order valence-electron chi connectivity index (χ1n) is 9.21. The Hall–Kier alpha value is -1.60. The van der Waals surface area contributed by atoms with E-state index < -0.39 is 23.0 Å². The van der Waals surface area contributed by atoms with Crippen LogP contribution in [0.1, 0.15) is 83.1 Å². The molecule has 0 amide bonds. The average molecular weight is 454 g/mol. The predicted octanol–water partition coefficient (Wildman–Crippen LogP) is 0.640. The molecule has 0 aliphatic heterocycles. The summed E-state index contributed by atoms with van der Waals surface area (Å²) in [5.41, 5.74) is -1.50. The van der Waals surface area contributed by atoms with Gasteiger partial charge in [-0.05, 0) is 83.1 Å². The van der Waals surface area contributed by atoms with Gasteiger partial charge in [-0.2, -0.15) is 0 Å². The molecule has 0 aliphatic rings. The van der Waals surface area contributed by atoms with Gasteiger partial charge in [0.25, 0.3) is 0 Å². The molecule has 0 rings (SSSR count). The number of carbonyl (C=O) groups is 2. The number of carbonyl (C=O) groups excluding carboxylic acids is 2. The van der Waals surface area contributed by atoms with Crippen LogP contribution in [-0.4, -0.2) is 45.8 Å². The summed E-state index contributed by atoms with van der Waals surface area (Å²) in [7, 11) is 0. The van der Waals surface area contributed by atoms with E-state index in [2.05, 4.69) is 20.6 Å². The van der Waals surface area contributed by atoms with E-state index >= 15 is 0 Å². The molecule has 0 unspecified atom stereocenters. The maximum Gasteiger partial charge on any atom is 2.00 e. The predicted molar refractivity (Wildman–Crippen MR) is 110 cm³/mol. The monoisotopic (exact) mass is 454 g/mol. The quantitative estimate of drug-likeness (QED) is 0.314. The van der Waals surface area contributed by atoms with Gasteiger partial charge in [-0.15, -0.1) is 0 Å². The van der Waals surface area contributed by atoms with Crippen molar-refractivity contribution in [3.63, 3.8) is 0 Å². The first-order chi connectivity index (χ1) is 12.0. The Labute approximate surface area is 186 Å². The van der Waals surface area contributed by atoms with Gasteiger partial charge in [0.05, 0.1) is 11.1 Å². The molecule has 0 radical (unpaired) electrons. The number of nitrogens with one attached hydrogen (secondary N) is 2. The Balaban J connectivity index is -0.000000451. The van der Waals surface area contributed by atoms with Crippen molar-refractivity contribution in [3.8, 4) is 0 Å². The topological polar surface area (TPSA) is 129 Å². The van der Waals surface area contributed by atoms with Crippen LogP contribution in [-0.2, 0) is 26.7 Å². The molecule has 2 N–H and O–H groups in total. The van der Waals surface area contributed by atoms with Gasteiger partial charge < -0.3 is 30.4 Å². The van der Waals surface area contributed by atoms with Gasteiger partial charge in [-0.1, -0.05) is 0 Å². The second-order valence-corrected chi connectivity index (χ2v) is 10.6. The fraction of sp³-hybridized carbons (Fsp3) is 0.800. The van der Waals surface area contributed by atoms with Gasteiger partial charge in [0.15, 0.2) is 0 Å². The maximum absolute atomic E-state index is 10.8. The van der Waals surface area contributed by atoms with E-state index in [4.69, 9.17) is 0 Å². The van der Waals surface area contributed by atoms with Gasteiger partial charge in [0.2, 0.25) is 0 Å². The number of amidine groups is 2. The zero-order chi connectivity index (χ0) is 23.1. The van der Waals surface area contributed by atoms with E-state index in [1.807, 2.05) is 83.1 Å². The molecule has 29 heavy (non-hydrogen) atoms. The Morgan fingerprint density at radius 1 is 0.586 bits per heavy atom. The Kier molecular flexibility index (Phi) is 12.8. The summed E-state index contributed by atoms with van der Waals surface area (Å²) in [6.07, 6.45) is 0. The van der Waals surface area contributed by atoms with Crippen LogP contribution in [0.3, 0.4) is 0 Å². The molecule has 0 heterocycles. The maximum atomic E-state index is 10.8. The van der Waals surface area contributed by atoms with Crippen LogP contribution in [0.4, 0.5) is 0 Å². The molecule has 0 atom stereocenters. The van der Waals surface area contributed by atoms with Crippen molar-refractivity contribution in [3.05, 3.63) is 0 Å². The van der Waals surface area contributed by atoms with Crippen LogP contribution >= 0.6 is 0 Å². The molecule has 0 saturated carbocycles. The summed E-state index contributed by atoms with van der Waals surface area (Å²) >= 11 is 0. The number of hydrogen-bond donors (Lipinski definition) is 2. The fourth-order valence-corrected chi connectivity index (χ4v) is 1.63. The molecule has 0 aromatic heterocycles. The van der Waals surface area contributed by atoms with Crippen LogP contribution in [0, 0.1) is 0 Å². The number of carboxylic acid groups (broad SMARTS) is 2. The molecule has 0 saturated heterocycles. The number of nitrogens with zero attached hydrogens (tertiary/aromatic N) is 2. The zero-order valence-electron chi connectivity index (χ0n) is 19.9. The van der Waals surface area contributed by atoms with Crippen molar-refractivity contribution >= 4 is 23.6 Å². The van der Waals surface area contributed by atoms with Gasteiger partial charge in [-0.25, -0.2) is 0 Å². The first kappa shape index (κ1) is 32.1. The second-order valence-electron chi connectivity index (χ2n) is 10.6. The largest absolute Gasteiger partial charge is 2.00 e. The summed E-state index contributed by atoms with van der Waals surface area (Å²) in [6, 6.07) is 0. The normalized spacial score (nSPS) is 13.5. The SMILES string of the molecule is CC(C)(C)N=C(NC(C)(C)C)C(=O)[O-].CC(C)(C)N=C(NC(C)(C)C)C(=O)[O-].[Fe+2]. The number of aliphatic imine (C=N–C) groups is 2. The third-order valence-electron chi connectivity index (χ3n) is 2.27. The van der Waals surface area contributed by atoms with Crippen molar-refractivity contribution in [1.29, 1.82) is 0 Å². The Bertz CT molecular complexity index is 548. The van der Waals surface area contributed by atoms with E-state index in [9.17, 15) is 19.8 Å². The molecule has 9 heteroatoms. The molecule has 0 bridgehead atoms. The van der Waals surface area contributed by atoms with Crippen molar-refractivity contribution in [2.45, 2.75) is 105 Å². The minimum absolute atomic E-state index is 0. The average Bonchev–Trinajstić information content (AvgIpc) is 2.30. The van der Waals surface area contributed by atoms with E-state index in [1.165, 1.54) is 0 Å². The number of aliphatic carboxylic acids is 2. The molecule has 0 fully saturated rings. The molecular formula is C20H38FeN4O4. The van der Waals surface area contributed by atoms with Crippen LogP contribution in [0.15, 0.2) is 9.98 Å². The number of hydrogen-bond acceptors (Lipinski definition) is 6. The van der Waals surface area contributed by atoms with Crippen molar-refractivity contribution in [2.24, 2.45) is 9.98 Å². The minimum Gasteiger partial charge on any atom is -0.542 e. The van der Waals surface area contributed by atoms with Gasteiger partial charge in [0, 0.05) is 11.1 Å². The van der Waals surface area contributed by atoms with Crippen molar-refractivity contribution in [2.75, 3.05) is 0 Å². The Morgan fingerprint density at radius 3 is 0.897 bits per heavy atom. The summed E-state index contributed by atoms with van der Waals surface area (Å²) in [6.45, 7) is 22.2. The molecule has 0 aliphatic carbocycles. The molecule has 0 aromatic rings. The minimum atomic E-state index is -1.27. The van der Waals surface area contributed by atoms with E-state index in [0.717, 1.165) is 0 Å². The van der Waals surface area contributed by atoms with Crippen molar-refractivity contribution in [1.82, 2.24) is 10.6 Å². The van der Waals surface area contributed by atoms with Gasteiger partial charge in [0.1, 0.15) is 23.6 Å². The van der Waals surface area contributed by atoms with Crippen molar-refractivity contribution < 1.29 is 36.9 Å².